The first-order valence-electron chi connectivity index (χ1n) is 14.4. The maximum Gasteiger partial charge on any atom is 0.435 e. The topological polar surface area (TPSA) is 188 Å². The lowest BCUT2D eigenvalue weighted by atomic mass is 10.3. The van der Waals surface area contributed by atoms with Gasteiger partial charge in [-0.2, -0.15) is 4.98 Å². The van der Waals surface area contributed by atoms with Gasteiger partial charge in [-0.15, -0.1) is 0 Å². The lowest BCUT2D eigenvalue weighted by Crippen LogP contribution is -2.41. The fraction of sp³-hybridized carbons (Fsp3) is 0.615. The van der Waals surface area contributed by atoms with Gasteiger partial charge in [-0.3, -0.25) is 27.9 Å². The number of hydrogen-bond acceptors (Lipinski definition) is 8. The van der Waals surface area contributed by atoms with Crippen molar-refractivity contribution in [1.82, 2.24) is 38.2 Å². The van der Waals surface area contributed by atoms with Gasteiger partial charge < -0.3 is 15.1 Å². The molecule has 0 amide bonds. The minimum Gasteiger partial charge on any atom is -0.390 e. The minimum absolute atomic E-state index is 0.0487. The van der Waals surface area contributed by atoms with Gasteiger partial charge in [0.05, 0.1) is 0 Å². The summed E-state index contributed by atoms with van der Waals surface area (Å²) in [4.78, 5) is 73.4. The van der Waals surface area contributed by atoms with Crippen molar-refractivity contribution >= 4 is 39.9 Å². The third-order valence-electron chi connectivity index (χ3n) is 8.40. The molecule has 2 N–H and O–H groups in total. The average molecular weight is 600 g/mol. The Morgan fingerprint density at radius 3 is 1.45 bits per heavy atom. The molecule has 0 atom stereocenters. The van der Waals surface area contributed by atoms with Gasteiger partial charge in [-0.1, -0.05) is 0 Å². The summed E-state index contributed by atoms with van der Waals surface area (Å²) in [5.74, 6) is 1.24. The molecular formula is C26H30ClN9O6. The number of nitrogens with zero attached hydrogens (tertiary/aromatic N) is 7. The second-order valence-corrected chi connectivity index (χ2v) is 12.5. The molecule has 0 saturated heterocycles. The smallest absolute Gasteiger partial charge is 0.390 e. The van der Waals surface area contributed by atoms with Crippen LogP contribution in [0.5, 0.6) is 0 Å². The molecule has 4 aromatic rings. The van der Waals surface area contributed by atoms with Crippen molar-refractivity contribution in [2.45, 2.75) is 77.5 Å². The van der Waals surface area contributed by atoms with Crippen LogP contribution in [0.4, 0.5) is 5.95 Å². The zero-order chi connectivity index (χ0) is 29.3. The van der Waals surface area contributed by atoms with E-state index in [0.717, 1.165) is 51.4 Å². The summed E-state index contributed by atoms with van der Waals surface area (Å²) in [6.07, 6.45) is 8.53. The normalized spacial score (nSPS) is 18.4. The lowest BCUT2D eigenvalue weighted by molar-refractivity contribution is -0.393. The highest BCUT2D eigenvalue weighted by Crippen LogP contribution is 2.33. The highest BCUT2D eigenvalue weighted by Gasteiger charge is 2.31. The molecule has 0 radical (unpaired) electrons. The van der Waals surface area contributed by atoms with Crippen LogP contribution in [-0.2, 0) is 26.2 Å². The van der Waals surface area contributed by atoms with Crippen LogP contribution >= 0.6 is 11.6 Å². The second-order valence-electron chi connectivity index (χ2n) is 12.1. The van der Waals surface area contributed by atoms with E-state index in [0.29, 0.717) is 61.0 Å². The van der Waals surface area contributed by atoms with Crippen LogP contribution in [0.1, 0.15) is 51.4 Å². The summed E-state index contributed by atoms with van der Waals surface area (Å²) in [5.41, 5.74) is -0.585. The number of H-pyrrole nitrogens is 2. The van der Waals surface area contributed by atoms with E-state index in [1.807, 2.05) is 0 Å². The van der Waals surface area contributed by atoms with E-state index in [4.69, 9.17) is 11.6 Å². The van der Waals surface area contributed by atoms with Gasteiger partial charge in [-0.25, -0.2) is 14.6 Å². The van der Waals surface area contributed by atoms with E-state index in [9.17, 15) is 29.3 Å². The number of nitrogens with one attached hydrogen (secondary N) is 2. The van der Waals surface area contributed by atoms with Crippen molar-refractivity contribution in [3.63, 3.8) is 0 Å². The van der Waals surface area contributed by atoms with Crippen LogP contribution in [0, 0.1) is 33.8 Å². The van der Waals surface area contributed by atoms with Crippen molar-refractivity contribution in [2.24, 2.45) is 23.7 Å². The Balaban J connectivity index is 0.000000138. The third-order valence-corrected chi connectivity index (χ3v) is 8.58. The van der Waals surface area contributed by atoms with E-state index in [1.54, 1.807) is 4.57 Å². The molecule has 8 rings (SSSR count). The van der Waals surface area contributed by atoms with E-state index in [2.05, 4.69) is 19.9 Å². The highest BCUT2D eigenvalue weighted by atomic mass is 35.5. The summed E-state index contributed by atoms with van der Waals surface area (Å²) >= 11 is 5.87. The Morgan fingerprint density at radius 1 is 0.667 bits per heavy atom. The number of hydrogen-bond donors (Lipinski definition) is 2. The summed E-state index contributed by atoms with van der Waals surface area (Å²) in [5, 5.41) is 11.1. The van der Waals surface area contributed by atoms with Gasteiger partial charge in [0, 0.05) is 26.2 Å². The van der Waals surface area contributed by atoms with Gasteiger partial charge in [-0.05, 0) is 96.5 Å². The SMILES string of the molecule is O=c1c2[nH]c(Cl)nc2n(CC2CC2)c(=O)n1CC1CC1.O=c1c2[nH]c([N+](=O)[O-])nc2n(CC2CC2)c(=O)n1CC1CC1. The molecule has 4 aliphatic carbocycles. The first kappa shape index (κ1) is 26.9. The molecule has 4 saturated carbocycles. The summed E-state index contributed by atoms with van der Waals surface area (Å²) in [6, 6.07) is 0. The van der Waals surface area contributed by atoms with Crippen molar-refractivity contribution in [3.8, 4) is 0 Å². The van der Waals surface area contributed by atoms with Gasteiger partial charge in [0.15, 0.2) is 11.2 Å². The largest absolute Gasteiger partial charge is 0.435 e. The number of rotatable bonds is 9. The van der Waals surface area contributed by atoms with Gasteiger partial charge in [0.2, 0.25) is 10.8 Å². The van der Waals surface area contributed by atoms with E-state index >= 15 is 0 Å². The monoisotopic (exact) mass is 599 g/mol. The number of halogens is 1. The first-order chi connectivity index (χ1) is 20.2. The van der Waals surface area contributed by atoms with E-state index in [1.165, 1.54) is 13.7 Å². The standard InChI is InChI=1S/C13H15ClN4O2.C13H15N5O4/c14-12-15-9-10(16-12)17(5-7-1-2-7)13(20)18(11(9)19)6-8-3-4-8;19-11-9-10(15-12(14-9)18(21)22)16(5-7-1-2-7)13(20)17(11)6-8-3-4-8/h7-8H,1-6H2,(H,15,16);7-8H,1-6H2,(H,14,15). The Labute approximate surface area is 241 Å². The van der Waals surface area contributed by atoms with Gasteiger partial charge in [0.25, 0.3) is 16.8 Å². The molecule has 0 spiro atoms. The Hall–Kier alpha value is -4.01. The zero-order valence-corrected chi connectivity index (χ0v) is 23.5. The number of aromatic amines is 2. The van der Waals surface area contributed by atoms with Crippen LogP contribution in [0.3, 0.4) is 0 Å². The van der Waals surface area contributed by atoms with Crippen molar-refractivity contribution in [2.75, 3.05) is 0 Å². The molecule has 0 bridgehead atoms. The second kappa shape index (κ2) is 10.1. The van der Waals surface area contributed by atoms with Crippen molar-refractivity contribution < 1.29 is 4.92 Å². The molecule has 4 heterocycles. The number of nitro groups is 1. The lowest BCUT2D eigenvalue weighted by Gasteiger charge is -2.10. The summed E-state index contributed by atoms with van der Waals surface area (Å²) < 4.78 is 5.57. The minimum atomic E-state index is -0.684. The van der Waals surface area contributed by atoms with Crippen LogP contribution in [0.2, 0.25) is 5.28 Å². The van der Waals surface area contributed by atoms with Crippen LogP contribution in [0.15, 0.2) is 19.2 Å². The summed E-state index contributed by atoms with van der Waals surface area (Å²) in [7, 11) is 0. The molecule has 16 heteroatoms. The van der Waals surface area contributed by atoms with E-state index in [-0.39, 0.29) is 27.7 Å². The van der Waals surface area contributed by atoms with Gasteiger partial charge >= 0.3 is 17.3 Å². The molecule has 0 aromatic carbocycles. The molecule has 42 heavy (non-hydrogen) atoms. The van der Waals surface area contributed by atoms with Crippen LogP contribution in [-0.4, -0.2) is 43.1 Å². The van der Waals surface area contributed by atoms with Crippen molar-refractivity contribution in [1.29, 1.82) is 0 Å². The predicted octanol–water partition coefficient (Wildman–Crippen LogP) is 1.97. The molecular weight excluding hydrogens is 570 g/mol. The zero-order valence-electron chi connectivity index (χ0n) is 22.8. The van der Waals surface area contributed by atoms with Gasteiger partial charge in [0.1, 0.15) is 0 Å². The fourth-order valence-electron chi connectivity index (χ4n) is 5.26. The number of aromatic nitrogens is 8. The van der Waals surface area contributed by atoms with E-state index < -0.39 is 22.1 Å². The molecule has 0 unspecified atom stereocenters. The third kappa shape index (κ3) is 5.21. The van der Waals surface area contributed by atoms with Crippen LogP contribution < -0.4 is 22.5 Å². The number of imidazole rings is 2. The fourth-order valence-corrected chi connectivity index (χ4v) is 5.44. The number of fused-ring (bicyclic) bond motifs is 2. The molecule has 15 nitrogen and oxygen atoms in total. The molecule has 4 aliphatic rings. The maximum atomic E-state index is 12.6. The molecule has 4 aromatic heterocycles. The average Bonchev–Trinajstić information content (AvgIpc) is 3.75. The highest BCUT2D eigenvalue weighted by molar-refractivity contribution is 6.29. The Morgan fingerprint density at radius 2 is 1.05 bits per heavy atom. The van der Waals surface area contributed by atoms with Crippen LogP contribution in [0.25, 0.3) is 22.3 Å². The predicted molar refractivity (Wildman–Crippen MR) is 152 cm³/mol. The summed E-state index contributed by atoms with van der Waals surface area (Å²) in [6.45, 7) is 1.98. The van der Waals surface area contributed by atoms with Crippen molar-refractivity contribution in [3.05, 3.63) is 57.1 Å². The Bertz CT molecular complexity index is 1960. The maximum absolute atomic E-state index is 12.6. The molecule has 4 fully saturated rings. The first-order valence-corrected chi connectivity index (χ1v) is 14.8. The molecule has 0 aliphatic heterocycles. The Kier molecular flexibility index (Phi) is 6.44. The molecule has 222 valence electrons. The quantitative estimate of drug-likeness (QED) is 0.166.